The van der Waals surface area contributed by atoms with Crippen LogP contribution in [0.25, 0.3) is 32.8 Å². The number of carbonyl (C=O) groups excluding carboxylic acids is 1. The number of hydrogen-bond donors (Lipinski definition) is 1. The van der Waals surface area contributed by atoms with Crippen LogP contribution in [-0.2, 0) is 24.9 Å². The molecule has 0 aliphatic carbocycles. The van der Waals surface area contributed by atoms with Gasteiger partial charge < -0.3 is 10.1 Å². The van der Waals surface area contributed by atoms with E-state index in [0.717, 1.165) is 38.4 Å². The number of allylic oxidation sites excluding steroid dienone is 2. The summed E-state index contributed by atoms with van der Waals surface area (Å²) in [4.78, 5) is 16.1. The largest absolute Gasteiger partial charge is 0.512 e. The van der Waals surface area contributed by atoms with Crippen molar-refractivity contribution >= 4 is 27.3 Å². The minimum atomic E-state index is -0.417. The van der Waals surface area contributed by atoms with E-state index in [2.05, 4.69) is 30.1 Å². The fraction of sp³-hybridized carbons (Fsp3) is 0.312. The van der Waals surface area contributed by atoms with E-state index in [1.54, 1.807) is 6.07 Å². The first kappa shape index (κ1) is 30.3. The van der Waals surface area contributed by atoms with E-state index >= 15 is 0 Å². The fourth-order valence-electron chi connectivity index (χ4n) is 3.76. The second kappa shape index (κ2) is 11.7. The first-order chi connectivity index (χ1) is 16.7. The Morgan fingerprint density at radius 3 is 2.16 bits per heavy atom. The number of aliphatic hydroxyl groups is 1. The molecule has 3 nitrogen and oxygen atoms in total. The Balaban J connectivity index is 0.000000299. The summed E-state index contributed by atoms with van der Waals surface area (Å²) in [5.41, 5.74) is 3.38. The Bertz CT molecular complexity index is 1440. The molecule has 1 radical (unpaired) electrons. The van der Waals surface area contributed by atoms with Crippen molar-refractivity contribution in [2.24, 2.45) is 10.8 Å². The predicted molar refractivity (Wildman–Crippen MR) is 148 cm³/mol. The van der Waals surface area contributed by atoms with Crippen LogP contribution in [0.1, 0.15) is 52.7 Å². The quantitative estimate of drug-likeness (QED) is 0.100. The summed E-state index contributed by atoms with van der Waals surface area (Å²) in [6.07, 6.45) is 3.15. The number of pyridine rings is 1. The number of hydrogen-bond acceptors (Lipinski definition) is 3. The molecular formula is C32H35FIrNO2-. The number of halogens is 1. The van der Waals surface area contributed by atoms with Crippen LogP contribution < -0.4 is 0 Å². The molecule has 5 heteroatoms. The van der Waals surface area contributed by atoms with Crippen LogP contribution in [0.5, 0.6) is 0 Å². The van der Waals surface area contributed by atoms with E-state index in [1.165, 1.54) is 17.7 Å². The summed E-state index contributed by atoms with van der Waals surface area (Å²) in [5, 5.41) is 13.6. The molecule has 1 heterocycles. The van der Waals surface area contributed by atoms with Gasteiger partial charge in [0.05, 0.1) is 0 Å². The second-order valence-corrected chi connectivity index (χ2v) is 11.3. The first-order valence-electron chi connectivity index (χ1n) is 12.1. The molecule has 0 spiro atoms. The van der Waals surface area contributed by atoms with Crippen molar-refractivity contribution in [1.82, 2.24) is 4.98 Å². The normalized spacial score (nSPS) is 12.1. The van der Waals surface area contributed by atoms with Crippen molar-refractivity contribution in [2.45, 2.75) is 55.4 Å². The van der Waals surface area contributed by atoms with Gasteiger partial charge in [-0.3, -0.25) is 4.79 Å². The number of carbonyl (C=O) groups is 1. The van der Waals surface area contributed by atoms with Gasteiger partial charge in [0.1, 0.15) is 11.6 Å². The number of benzene rings is 3. The third kappa shape index (κ3) is 7.56. The number of rotatable bonds is 2. The SMILES string of the molecule is CC(C)(C)C(=O)/C=C(\O)C(C)(C)C.Cc1[c-]c(-c2nccc3ccc4cc(F)ccc4c23)cc(C)c1.[Ir]. The van der Waals surface area contributed by atoms with Gasteiger partial charge in [-0.05, 0) is 45.4 Å². The standard InChI is InChI=1S/C21H15FN.C11H20O2.Ir/c1-13-9-14(2)11-17(10-13)21-20-15(7-8-23-21)3-4-16-12-18(22)5-6-19(16)20;1-10(2,3)8(12)7-9(13)11(4,5)6;/h3-10,12H,1-2H3;7,12H,1-6H3;/q-1;;/b;8-7-;. The van der Waals surface area contributed by atoms with Gasteiger partial charge in [0.25, 0.3) is 0 Å². The average molecular weight is 677 g/mol. The van der Waals surface area contributed by atoms with Crippen LogP contribution >= 0.6 is 0 Å². The third-order valence-electron chi connectivity index (χ3n) is 5.89. The molecule has 0 saturated heterocycles. The summed E-state index contributed by atoms with van der Waals surface area (Å²) >= 11 is 0. The third-order valence-corrected chi connectivity index (χ3v) is 5.89. The zero-order valence-electron chi connectivity index (χ0n) is 22.8. The Labute approximate surface area is 233 Å². The zero-order chi connectivity index (χ0) is 26.8. The fourth-order valence-corrected chi connectivity index (χ4v) is 3.76. The summed E-state index contributed by atoms with van der Waals surface area (Å²) in [5.74, 6) is -0.118. The zero-order valence-corrected chi connectivity index (χ0v) is 25.2. The van der Waals surface area contributed by atoms with Crippen molar-refractivity contribution < 1.29 is 34.4 Å². The van der Waals surface area contributed by atoms with Gasteiger partial charge in [0.2, 0.25) is 0 Å². The molecule has 1 aromatic heterocycles. The molecule has 0 fully saturated rings. The van der Waals surface area contributed by atoms with Crippen LogP contribution in [0.2, 0.25) is 0 Å². The maximum atomic E-state index is 13.5. The number of aryl methyl sites for hydroxylation is 2. The molecule has 37 heavy (non-hydrogen) atoms. The van der Waals surface area contributed by atoms with Crippen LogP contribution in [0, 0.1) is 36.6 Å². The van der Waals surface area contributed by atoms with E-state index in [0.29, 0.717) is 0 Å². The maximum Gasteiger partial charge on any atom is 0.164 e. The number of aromatic nitrogens is 1. The van der Waals surface area contributed by atoms with Crippen LogP contribution in [0.3, 0.4) is 0 Å². The van der Waals surface area contributed by atoms with Gasteiger partial charge >= 0.3 is 0 Å². The molecular weight excluding hydrogens is 642 g/mol. The summed E-state index contributed by atoms with van der Waals surface area (Å²) in [6.45, 7) is 15.2. The molecule has 0 unspecified atom stereocenters. The van der Waals surface area contributed by atoms with E-state index in [-0.39, 0.29) is 42.9 Å². The number of fused-ring (bicyclic) bond motifs is 3. The second-order valence-electron chi connectivity index (χ2n) is 11.3. The van der Waals surface area contributed by atoms with Gasteiger partial charge in [-0.25, -0.2) is 4.39 Å². The van der Waals surface area contributed by atoms with Crippen molar-refractivity contribution in [3.63, 3.8) is 0 Å². The molecule has 0 aliphatic heterocycles. The Kier molecular flexibility index (Phi) is 9.57. The molecule has 0 saturated carbocycles. The summed E-state index contributed by atoms with van der Waals surface area (Å²) < 4.78 is 13.5. The van der Waals surface area contributed by atoms with Gasteiger partial charge in [-0.15, -0.1) is 34.9 Å². The van der Waals surface area contributed by atoms with Crippen molar-refractivity contribution in [3.05, 3.63) is 89.6 Å². The van der Waals surface area contributed by atoms with Crippen LogP contribution in [0.15, 0.2) is 66.6 Å². The minimum Gasteiger partial charge on any atom is -0.512 e. The first-order valence-corrected chi connectivity index (χ1v) is 12.1. The molecule has 4 rings (SSSR count). The van der Waals surface area contributed by atoms with Gasteiger partial charge in [0, 0.05) is 43.2 Å². The predicted octanol–water partition coefficient (Wildman–Crippen LogP) is 8.70. The Morgan fingerprint density at radius 1 is 0.919 bits per heavy atom. The van der Waals surface area contributed by atoms with E-state index < -0.39 is 5.41 Å². The van der Waals surface area contributed by atoms with Gasteiger partial charge in [-0.1, -0.05) is 73.6 Å². The monoisotopic (exact) mass is 677 g/mol. The average Bonchev–Trinajstić information content (AvgIpc) is 2.76. The maximum absolute atomic E-state index is 13.5. The van der Waals surface area contributed by atoms with E-state index in [4.69, 9.17) is 0 Å². The smallest absolute Gasteiger partial charge is 0.164 e. The van der Waals surface area contributed by atoms with E-state index in [1.807, 2.05) is 78.9 Å². The topological polar surface area (TPSA) is 50.2 Å². The molecule has 0 bridgehead atoms. The molecule has 0 amide bonds. The molecule has 4 aromatic rings. The minimum absolute atomic E-state index is 0. The Morgan fingerprint density at radius 2 is 1.57 bits per heavy atom. The van der Waals surface area contributed by atoms with Crippen LogP contribution in [0.4, 0.5) is 4.39 Å². The van der Waals surface area contributed by atoms with E-state index in [9.17, 15) is 14.3 Å². The molecule has 0 aliphatic rings. The van der Waals surface area contributed by atoms with Gasteiger partial charge in [0.15, 0.2) is 5.78 Å². The molecule has 1 N–H and O–H groups in total. The summed E-state index contributed by atoms with van der Waals surface area (Å²) in [7, 11) is 0. The van der Waals surface area contributed by atoms with Crippen LogP contribution in [-0.4, -0.2) is 15.9 Å². The molecule has 0 atom stereocenters. The van der Waals surface area contributed by atoms with Gasteiger partial charge in [-0.2, -0.15) is 0 Å². The molecule has 3 aromatic carbocycles. The Hall–Kier alpha value is -2.88. The number of ketones is 1. The van der Waals surface area contributed by atoms with Crippen molar-refractivity contribution in [3.8, 4) is 11.3 Å². The van der Waals surface area contributed by atoms with Crippen molar-refractivity contribution in [1.29, 1.82) is 0 Å². The summed E-state index contributed by atoms with van der Waals surface area (Å²) in [6, 6.07) is 18.5. The molecule has 197 valence electrons. The van der Waals surface area contributed by atoms with Crippen molar-refractivity contribution in [2.75, 3.05) is 0 Å². The number of aliphatic hydroxyl groups excluding tert-OH is 1. The number of nitrogens with zero attached hydrogens (tertiary/aromatic N) is 1.